The maximum atomic E-state index is 12.9. The second kappa shape index (κ2) is 9.55. The van der Waals surface area contributed by atoms with Crippen LogP contribution >= 0.6 is 11.8 Å². The average Bonchev–Trinajstić information content (AvgIpc) is 2.70. The summed E-state index contributed by atoms with van der Waals surface area (Å²) < 4.78 is 12.9. The molecule has 0 bridgehead atoms. The number of benzene rings is 2. The standard InChI is InChI=1S/C21H23FN2O2S/c22-17-8-10-19(11-9-17)27-14-12-20(25)24-13-4-5-16(15-24)21(26)23-18-6-2-1-3-7-18/h1-3,6-11,16H,4-5,12-15H2,(H,23,26). The van der Waals surface area contributed by atoms with Crippen LogP contribution in [-0.2, 0) is 9.59 Å². The quantitative estimate of drug-likeness (QED) is 0.758. The van der Waals surface area contributed by atoms with Crippen molar-refractivity contribution in [3.63, 3.8) is 0 Å². The fourth-order valence-electron chi connectivity index (χ4n) is 3.13. The molecule has 2 amide bonds. The number of hydrogen-bond donors (Lipinski definition) is 1. The number of halogens is 1. The summed E-state index contributed by atoms with van der Waals surface area (Å²) in [6.45, 7) is 1.17. The van der Waals surface area contributed by atoms with E-state index in [2.05, 4.69) is 5.32 Å². The minimum atomic E-state index is -0.261. The molecule has 1 saturated heterocycles. The lowest BCUT2D eigenvalue weighted by Gasteiger charge is -2.32. The van der Waals surface area contributed by atoms with Crippen molar-refractivity contribution in [2.75, 3.05) is 24.2 Å². The van der Waals surface area contributed by atoms with Gasteiger partial charge in [-0.3, -0.25) is 9.59 Å². The molecule has 0 aliphatic carbocycles. The summed E-state index contributed by atoms with van der Waals surface area (Å²) in [5, 5.41) is 2.93. The first kappa shape index (κ1) is 19.4. The van der Waals surface area contributed by atoms with Crippen molar-refractivity contribution in [2.24, 2.45) is 5.92 Å². The Kier molecular flexibility index (Phi) is 6.87. The van der Waals surface area contributed by atoms with E-state index in [4.69, 9.17) is 0 Å². The van der Waals surface area contributed by atoms with Gasteiger partial charge in [0.25, 0.3) is 0 Å². The first-order chi connectivity index (χ1) is 13.1. The zero-order valence-corrected chi connectivity index (χ0v) is 15.9. The van der Waals surface area contributed by atoms with E-state index >= 15 is 0 Å². The number of amides is 2. The minimum absolute atomic E-state index is 0.0283. The van der Waals surface area contributed by atoms with Gasteiger partial charge in [0.1, 0.15) is 5.82 Å². The number of carbonyl (C=O) groups excluding carboxylic acids is 2. The molecule has 3 rings (SSSR count). The number of likely N-dealkylation sites (tertiary alicyclic amines) is 1. The van der Waals surface area contributed by atoms with Crippen molar-refractivity contribution in [3.05, 3.63) is 60.4 Å². The summed E-state index contributed by atoms with van der Waals surface area (Å²) in [4.78, 5) is 27.7. The third-order valence-corrected chi connectivity index (χ3v) is 5.60. The number of hydrogen-bond acceptors (Lipinski definition) is 3. The van der Waals surface area contributed by atoms with Gasteiger partial charge in [-0.1, -0.05) is 18.2 Å². The summed E-state index contributed by atoms with van der Waals surface area (Å²) in [5.74, 6) is 0.249. The molecule has 142 valence electrons. The Bertz CT molecular complexity index is 768. The van der Waals surface area contributed by atoms with E-state index in [-0.39, 0.29) is 23.5 Å². The highest BCUT2D eigenvalue weighted by molar-refractivity contribution is 7.99. The molecule has 0 saturated carbocycles. The van der Waals surface area contributed by atoms with Gasteiger partial charge >= 0.3 is 0 Å². The molecule has 1 heterocycles. The van der Waals surface area contributed by atoms with Gasteiger partial charge in [0.2, 0.25) is 11.8 Å². The molecule has 1 atom stereocenters. The normalized spacial score (nSPS) is 16.8. The highest BCUT2D eigenvalue weighted by Crippen LogP contribution is 2.22. The number of nitrogens with one attached hydrogen (secondary N) is 1. The Balaban J connectivity index is 1.46. The predicted octanol–water partition coefficient (Wildman–Crippen LogP) is 4.19. The van der Waals surface area contributed by atoms with Gasteiger partial charge in [-0.2, -0.15) is 0 Å². The molecule has 1 unspecified atom stereocenters. The van der Waals surface area contributed by atoms with Crippen LogP contribution in [0.25, 0.3) is 0 Å². The fraction of sp³-hybridized carbons (Fsp3) is 0.333. The van der Waals surface area contributed by atoms with Gasteiger partial charge in [-0.25, -0.2) is 4.39 Å². The molecule has 2 aromatic rings. The summed E-state index contributed by atoms with van der Waals surface area (Å²) in [7, 11) is 0. The summed E-state index contributed by atoms with van der Waals surface area (Å²) in [6, 6.07) is 15.7. The number of carbonyl (C=O) groups is 2. The van der Waals surface area contributed by atoms with Crippen LogP contribution in [0.5, 0.6) is 0 Å². The fourth-order valence-corrected chi connectivity index (χ4v) is 3.97. The summed E-state index contributed by atoms with van der Waals surface area (Å²) in [6.07, 6.45) is 2.05. The van der Waals surface area contributed by atoms with Gasteiger partial charge in [0.15, 0.2) is 0 Å². The van der Waals surface area contributed by atoms with E-state index in [1.807, 2.05) is 30.3 Å². The van der Waals surface area contributed by atoms with Crippen LogP contribution in [0.1, 0.15) is 19.3 Å². The molecule has 0 radical (unpaired) electrons. The average molecular weight is 386 g/mol. The van der Waals surface area contributed by atoms with E-state index in [0.29, 0.717) is 25.3 Å². The van der Waals surface area contributed by atoms with Crippen molar-refractivity contribution in [2.45, 2.75) is 24.2 Å². The monoisotopic (exact) mass is 386 g/mol. The van der Waals surface area contributed by atoms with Crippen LogP contribution in [0.4, 0.5) is 10.1 Å². The second-order valence-electron chi connectivity index (χ2n) is 6.59. The van der Waals surface area contributed by atoms with Crippen molar-refractivity contribution in [1.82, 2.24) is 4.90 Å². The largest absolute Gasteiger partial charge is 0.342 e. The van der Waals surface area contributed by atoms with Crippen LogP contribution in [0.2, 0.25) is 0 Å². The molecule has 1 aliphatic heterocycles. The minimum Gasteiger partial charge on any atom is -0.342 e. The first-order valence-electron chi connectivity index (χ1n) is 9.14. The van der Waals surface area contributed by atoms with E-state index in [9.17, 15) is 14.0 Å². The van der Waals surface area contributed by atoms with E-state index in [1.165, 1.54) is 23.9 Å². The topological polar surface area (TPSA) is 49.4 Å². The summed E-state index contributed by atoms with van der Waals surface area (Å²) in [5.41, 5.74) is 0.779. The Morgan fingerprint density at radius 3 is 2.59 bits per heavy atom. The van der Waals surface area contributed by atoms with Gasteiger partial charge in [0.05, 0.1) is 5.92 Å². The molecule has 1 aliphatic rings. The van der Waals surface area contributed by atoms with Gasteiger partial charge in [-0.15, -0.1) is 11.8 Å². The molecular weight excluding hydrogens is 363 g/mol. The van der Waals surface area contributed by atoms with E-state index < -0.39 is 0 Å². The van der Waals surface area contributed by atoms with Crippen LogP contribution in [0, 0.1) is 11.7 Å². The molecule has 1 N–H and O–H groups in total. The Labute approximate surface area is 163 Å². The summed E-state index contributed by atoms with van der Waals surface area (Å²) >= 11 is 1.54. The molecular formula is C21H23FN2O2S. The van der Waals surface area contributed by atoms with Crippen LogP contribution in [0.3, 0.4) is 0 Å². The smallest absolute Gasteiger partial charge is 0.229 e. The third-order valence-electron chi connectivity index (χ3n) is 4.58. The Hall–Kier alpha value is -2.34. The van der Waals surface area contributed by atoms with Gasteiger partial charge < -0.3 is 10.2 Å². The van der Waals surface area contributed by atoms with Gasteiger partial charge in [0, 0.05) is 35.8 Å². The zero-order valence-electron chi connectivity index (χ0n) is 15.1. The van der Waals surface area contributed by atoms with E-state index in [1.54, 1.807) is 17.0 Å². The van der Waals surface area contributed by atoms with Crippen LogP contribution in [0.15, 0.2) is 59.5 Å². The maximum absolute atomic E-state index is 12.9. The molecule has 6 heteroatoms. The highest BCUT2D eigenvalue weighted by Gasteiger charge is 2.28. The number of rotatable bonds is 6. The van der Waals surface area contributed by atoms with Crippen molar-refractivity contribution < 1.29 is 14.0 Å². The number of piperidine rings is 1. The number of nitrogens with zero attached hydrogens (tertiary/aromatic N) is 1. The third kappa shape index (κ3) is 5.82. The molecule has 2 aromatic carbocycles. The number of thioether (sulfide) groups is 1. The van der Waals surface area contributed by atoms with Crippen molar-refractivity contribution in [3.8, 4) is 0 Å². The van der Waals surface area contributed by atoms with Gasteiger partial charge in [-0.05, 0) is 49.2 Å². The number of para-hydroxylation sites is 1. The van der Waals surface area contributed by atoms with Crippen molar-refractivity contribution >= 4 is 29.3 Å². The molecule has 0 aromatic heterocycles. The number of anilines is 1. The Morgan fingerprint density at radius 2 is 1.85 bits per heavy atom. The van der Waals surface area contributed by atoms with Crippen molar-refractivity contribution in [1.29, 1.82) is 0 Å². The SMILES string of the molecule is O=C(Nc1ccccc1)C1CCCN(C(=O)CCSc2ccc(F)cc2)C1. The zero-order chi connectivity index (χ0) is 19.1. The Morgan fingerprint density at radius 1 is 1.11 bits per heavy atom. The molecule has 27 heavy (non-hydrogen) atoms. The molecule has 0 spiro atoms. The van der Waals surface area contributed by atoms with Crippen LogP contribution < -0.4 is 5.32 Å². The lowest BCUT2D eigenvalue weighted by molar-refractivity contribution is -0.134. The highest BCUT2D eigenvalue weighted by atomic mass is 32.2. The second-order valence-corrected chi connectivity index (χ2v) is 7.75. The lowest BCUT2D eigenvalue weighted by atomic mass is 9.96. The predicted molar refractivity (Wildman–Crippen MR) is 106 cm³/mol. The van der Waals surface area contributed by atoms with Crippen LogP contribution in [-0.4, -0.2) is 35.6 Å². The first-order valence-corrected chi connectivity index (χ1v) is 10.1. The lowest BCUT2D eigenvalue weighted by Crippen LogP contribution is -2.43. The molecule has 1 fully saturated rings. The van der Waals surface area contributed by atoms with E-state index in [0.717, 1.165) is 23.4 Å². The molecule has 4 nitrogen and oxygen atoms in total. The maximum Gasteiger partial charge on any atom is 0.229 e.